The van der Waals surface area contributed by atoms with Gasteiger partial charge in [0.15, 0.2) is 16.8 Å². The standard InChI is InChI=1S/C28H27FN4O2S/c1-28(2,3)21-11-9-20(10-12-21)26(35)30-17-25-31-32-27(33(25)23-15-13-22(29)14-16-23)36-18-24(34)19-7-5-4-6-8-19/h4-16H,17-18H2,1-3H3,(H,30,35). The number of benzene rings is 3. The Labute approximate surface area is 214 Å². The van der Waals surface area contributed by atoms with E-state index in [4.69, 9.17) is 0 Å². The number of carbonyl (C=O) groups is 2. The number of carbonyl (C=O) groups excluding carboxylic acids is 2. The molecule has 0 aliphatic heterocycles. The molecular weight excluding hydrogens is 475 g/mol. The number of nitrogens with zero attached hydrogens (tertiary/aromatic N) is 3. The molecule has 1 heterocycles. The van der Waals surface area contributed by atoms with Gasteiger partial charge in [-0.05, 0) is 47.4 Å². The number of amides is 1. The van der Waals surface area contributed by atoms with Gasteiger partial charge in [0.25, 0.3) is 5.91 Å². The quantitative estimate of drug-likeness (QED) is 0.250. The van der Waals surface area contributed by atoms with Crippen LogP contribution >= 0.6 is 11.8 Å². The van der Waals surface area contributed by atoms with Gasteiger partial charge in [0.2, 0.25) is 0 Å². The largest absolute Gasteiger partial charge is 0.345 e. The first-order valence-electron chi connectivity index (χ1n) is 11.5. The summed E-state index contributed by atoms with van der Waals surface area (Å²) in [7, 11) is 0. The van der Waals surface area contributed by atoms with Gasteiger partial charge >= 0.3 is 0 Å². The lowest BCUT2D eigenvalue weighted by atomic mass is 9.87. The lowest BCUT2D eigenvalue weighted by Crippen LogP contribution is -2.25. The molecule has 184 valence electrons. The van der Waals surface area contributed by atoms with Crippen molar-refractivity contribution >= 4 is 23.5 Å². The minimum atomic E-state index is -0.367. The fraction of sp³-hybridized carbons (Fsp3) is 0.214. The van der Waals surface area contributed by atoms with Gasteiger partial charge in [-0.2, -0.15) is 0 Å². The SMILES string of the molecule is CC(C)(C)c1ccc(C(=O)NCc2nnc(SCC(=O)c3ccccc3)n2-c2ccc(F)cc2)cc1. The minimum Gasteiger partial charge on any atom is -0.345 e. The lowest BCUT2D eigenvalue weighted by molar-refractivity contribution is 0.0948. The number of Topliss-reactive ketones (excluding diaryl/α,β-unsaturated/α-hetero) is 1. The van der Waals surface area contributed by atoms with Crippen molar-refractivity contribution in [2.45, 2.75) is 37.9 Å². The number of hydrogen-bond acceptors (Lipinski definition) is 5. The van der Waals surface area contributed by atoms with Gasteiger partial charge in [-0.15, -0.1) is 10.2 Å². The van der Waals surface area contributed by atoms with E-state index in [9.17, 15) is 14.0 Å². The Morgan fingerprint density at radius 1 is 0.889 bits per heavy atom. The van der Waals surface area contributed by atoms with E-state index in [1.807, 2.05) is 30.3 Å². The van der Waals surface area contributed by atoms with E-state index >= 15 is 0 Å². The number of nitrogens with one attached hydrogen (secondary N) is 1. The molecule has 0 saturated heterocycles. The lowest BCUT2D eigenvalue weighted by Gasteiger charge is -2.19. The summed E-state index contributed by atoms with van der Waals surface area (Å²) in [4.78, 5) is 25.4. The van der Waals surface area contributed by atoms with Crippen LogP contribution in [0.15, 0.2) is 84.0 Å². The average Bonchev–Trinajstić information content (AvgIpc) is 3.29. The third kappa shape index (κ3) is 6.07. The van der Waals surface area contributed by atoms with Crippen LogP contribution in [0.3, 0.4) is 0 Å². The molecule has 6 nitrogen and oxygen atoms in total. The molecule has 1 aromatic heterocycles. The van der Waals surface area contributed by atoms with Crippen LogP contribution in [0.1, 0.15) is 52.9 Å². The van der Waals surface area contributed by atoms with Crippen molar-refractivity contribution < 1.29 is 14.0 Å². The summed E-state index contributed by atoms with van der Waals surface area (Å²) in [6.45, 7) is 6.46. The van der Waals surface area contributed by atoms with E-state index in [2.05, 4.69) is 36.3 Å². The minimum absolute atomic E-state index is 0.00343. The monoisotopic (exact) mass is 502 g/mol. The number of rotatable bonds is 8. The van der Waals surface area contributed by atoms with Crippen LogP contribution in [-0.2, 0) is 12.0 Å². The summed E-state index contributed by atoms with van der Waals surface area (Å²) < 4.78 is 15.3. The van der Waals surface area contributed by atoms with Crippen molar-refractivity contribution in [2.24, 2.45) is 0 Å². The molecule has 1 N–H and O–H groups in total. The summed E-state index contributed by atoms with van der Waals surface area (Å²) in [5.74, 6) is -0.0133. The zero-order valence-electron chi connectivity index (χ0n) is 20.4. The summed E-state index contributed by atoms with van der Waals surface area (Å²) in [6.07, 6.45) is 0. The second kappa shape index (κ2) is 10.9. The topological polar surface area (TPSA) is 76.9 Å². The summed E-state index contributed by atoms with van der Waals surface area (Å²) in [6, 6.07) is 22.4. The number of hydrogen-bond donors (Lipinski definition) is 1. The van der Waals surface area contributed by atoms with Crippen LogP contribution in [0.4, 0.5) is 4.39 Å². The van der Waals surface area contributed by atoms with E-state index in [1.54, 1.807) is 41.0 Å². The van der Waals surface area contributed by atoms with Gasteiger partial charge in [-0.3, -0.25) is 14.2 Å². The normalized spacial score (nSPS) is 11.3. The van der Waals surface area contributed by atoms with Crippen LogP contribution in [0.2, 0.25) is 0 Å². The Bertz CT molecular complexity index is 1350. The van der Waals surface area contributed by atoms with Crippen molar-refractivity contribution in [3.8, 4) is 5.69 Å². The van der Waals surface area contributed by atoms with Crippen LogP contribution in [0, 0.1) is 5.82 Å². The molecule has 0 aliphatic carbocycles. The zero-order valence-corrected chi connectivity index (χ0v) is 21.2. The second-order valence-corrected chi connectivity index (χ2v) is 10.2. The highest BCUT2D eigenvalue weighted by Gasteiger charge is 2.18. The fourth-order valence-electron chi connectivity index (χ4n) is 3.58. The molecule has 0 saturated carbocycles. The second-order valence-electron chi connectivity index (χ2n) is 9.30. The number of aromatic nitrogens is 3. The van der Waals surface area contributed by atoms with Crippen LogP contribution in [0.25, 0.3) is 5.69 Å². The van der Waals surface area contributed by atoms with Gasteiger partial charge in [0.05, 0.1) is 12.3 Å². The zero-order chi connectivity index (χ0) is 25.7. The highest BCUT2D eigenvalue weighted by molar-refractivity contribution is 7.99. The van der Waals surface area contributed by atoms with Gasteiger partial charge < -0.3 is 5.32 Å². The average molecular weight is 503 g/mol. The predicted octanol–water partition coefficient (Wildman–Crippen LogP) is 5.61. The maximum Gasteiger partial charge on any atom is 0.251 e. The summed E-state index contributed by atoms with van der Waals surface area (Å²) in [5, 5.41) is 11.9. The molecule has 0 spiro atoms. The van der Waals surface area contributed by atoms with Gasteiger partial charge in [0.1, 0.15) is 5.82 Å². The first-order chi connectivity index (χ1) is 17.2. The molecule has 0 unspecified atom stereocenters. The van der Waals surface area contributed by atoms with Gasteiger partial charge in [0, 0.05) is 16.8 Å². The molecular formula is C28H27FN4O2S. The number of thioether (sulfide) groups is 1. The molecule has 0 bridgehead atoms. The maximum atomic E-state index is 13.6. The van der Waals surface area contributed by atoms with Crippen LogP contribution in [0.5, 0.6) is 0 Å². The molecule has 0 atom stereocenters. The highest BCUT2D eigenvalue weighted by atomic mass is 32.2. The number of ketones is 1. The van der Waals surface area contributed by atoms with E-state index in [-0.39, 0.29) is 35.2 Å². The van der Waals surface area contributed by atoms with Crippen molar-refractivity contribution in [1.82, 2.24) is 20.1 Å². The molecule has 0 radical (unpaired) electrons. The molecule has 1 amide bonds. The van der Waals surface area contributed by atoms with Crippen LogP contribution < -0.4 is 5.32 Å². The summed E-state index contributed by atoms with van der Waals surface area (Å²) >= 11 is 1.24. The molecule has 0 fully saturated rings. The Morgan fingerprint density at radius 2 is 1.56 bits per heavy atom. The Balaban J connectivity index is 1.52. The predicted molar refractivity (Wildman–Crippen MR) is 139 cm³/mol. The molecule has 4 rings (SSSR count). The smallest absolute Gasteiger partial charge is 0.251 e. The Hall–Kier alpha value is -3.78. The number of halogens is 1. The molecule has 0 aliphatic rings. The molecule has 3 aromatic carbocycles. The van der Waals surface area contributed by atoms with Crippen molar-refractivity contribution in [2.75, 3.05) is 5.75 Å². The van der Waals surface area contributed by atoms with E-state index in [0.717, 1.165) is 5.56 Å². The molecule has 4 aromatic rings. The Morgan fingerprint density at radius 3 is 2.19 bits per heavy atom. The van der Waals surface area contributed by atoms with E-state index in [0.29, 0.717) is 27.8 Å². The highest BCUT2D eigenvalue weighted by Crippen LogP contribution is 2.24. The first kappa shape index (κ1) is 25.3. The van der Waals surface area contributed by atoms with E-state index < -0.39 is 0 Å². The maximum absolute atomic E-state index is 13.6. The fourth-order valence-corrected chi connectivity index (χ4v) is 4.44. The Kier molecular flexibility index (Phi) is 7.64. The third-order valence-electron chi connectivity index (χ3n) is 5.63. The summed E-state index contributed by atoms with van der Waals surface area (Å²) in [5.41, 5.74) is 2.93. The first-order valence-corrected chi connectivity index (χ1v) is 12.5. The molecule has 8 heteroatoms. The van der Waals surface area contributed by atoms with Crippen molar-refractivity contribution in [1.29, 1.82) is 0 Å². The van der Waals surface area contributed by atoms with Crippen LogP contribution in [-0.4, -0.2) is 32.2 Å². The van der Waals surface area contributed by atoms with Gasteiger partial charge in [-0.1, -0.05) is 75.0 Å². The molecule has 36 heavy (non-hydrogen) atoms. The van der Waals surface area contributed by atoms with Crippen molar-refractivity contribution in [3.05, 3.63) is 107 Å². The van der Waals surface area contributed by atoms with E-state index in [1.165, 1.54) is 23.9 Å². The van der Waals surface area contributed by atoms with Crippen molar-refractivity contribution in [3.63, 3.8) is 0 Å². The third-order valence-corrected chi connectivity index (χ3v) is 6.56. The van der Waals surface area contributed by atoms with Gasteiger partial charge in [-0.25, -0.2) is 4.39 Å².